The van der Waals surface area contributed by atoms with Gasteiger partial charge in [0, 0.05) is 35.9 Å². The van der Waals surface area contributed by atoms with Crippen molar-refractivity contribution in [3.05, 3.63) is 59.7 Å². The van der Waals surface area contributed by atoms with Gasteiger partial charge in [0.15, 0.2) is 27.7 Å². The first-order chi connectivity index (χ1) is 14.5. The number of carbonyl (C=O) groups is 1. The van der Waals surface area contributed by atoms with Gasteiger partial charge in [-0.1, -0.05) is 11.8 Å². The van der Waals surface area contributed by atoms with Crippen molar-refractivity contribution >= 4 is 34.1 Å². The first-order valence-corrected chi connectivity index (χ1v) is 10.5. The van der Waals surface area contributed by atoms with Gasteiger partial charge < -0.3 is 9.88 Å². The van der Waals surface area contributed by atoms with Crippen LogP contribution in [0.15, 0.2) is 53.3 Å². The Hall–Kier alpha value is -3.18. The predicted molar refractivity (Wildman–Crippen MR) is 111 cm³/mol. The summed E-state index contributed by atoms with van der Waals surface area (Å²) in [6.07, 6.45) is 3.37. The summed E-state index contributed by atoms with van der Waals surface area (Å²) in [6, 6.07) is 7.24. The molecule has 0 saturated heterocycles. The molecular weight excluding hydrogens is 430 g/mol. The number of amides is 1. The van der Waals surface area contributed by atoms with Gasteiger partial charge in [0.25, 0.3) is 0 Å². The van der Waals surface area contributed by atoms with Crippen molar-refractivity contribution in [2.75, 3.05) is 11.1 Å². The Morgan fingerprint density at radius 3 is 2.83 bits per heavy atom. The highest BCUT2D eigenvalue weighted by atomic mass is 32.2. The first-order valence-electron chi connectivity index (χ1n) is 8.64. The second-order valence-electron chi connectivity index (χ2n) is 6.11. The number of hydrogen-bond donors (Lipinski definition) is 1. The fourth-order valence-corrected chi connectivity index (χ4v) is 4.04. The highest BCUT2D eigenvalue weighted by Gasteiger charge is 2.14. The summed E-state index contributed by atoms with van der Waals surface area (Å²) in [7, 11) is 1.82. The van der Waals surface area contributed by atoms with Crippen molar-refractivity contribution in [1.29, 1.82) is 0 Å². The number of carbonyl (C=O) groups excluding carboxylic acids is 1. The van der Waals surface area contributed by atoms with Crippen molar-refractivity contribution in [1.82, 2.24) is 24.7 Å². The molecule has 1 amide bonds. The number of aromatic nitrogens is 5. The van der Waals surface area contributed by atoms with Crippen molar-refractivity contribution in [2.24, 2.45) is 7.05 Å². The van der Waals surface area contributed by atoms with Crippen LogP contribution in [0.25, 0.3) is 22.6 Å². The van der Waals surface area contributed by atoms with E-state index in [0.29, 0.717) is 27.4 Å². The molecule has 0 unspecified atom stereocenters. The maximum absolute atomic E-state index is 13.4. The third kappa shape index (κ3) is 4.36. The van der Waals surface area contributed by atoms with Crippen molar-refractivity contribution < 1.29 is 13.6 Å². The van der Waals surface area contributed by atoms with Crippen LogP contribution in [0.3, 0.4) is 0 Å². The van der Waals surface area contributed by atoms with Crippen LogP contribution in [-0.4, -0.2) is 36.4 Å². The second kappa shape index (κ2) is 8.67. The summed E-state index contributed by atoms with van der Waals surface area (Å²) in [6.45, 7) is 0. The Balaban J connectivity index is 1.37. The highest BCUT2D eigenvalue weighted by molar-refractivity contribution is 7.99. The first kappa shape index (κ1) is 20.1. The Labute approximate surface area is 178 Å². The van der Waals surface area contributed by atoms with E-state index in [9.17, 15) is 13.6 Å². The van der Waals surface area contributed by atoms with Crippen molar-refractivity contribution in [2.45, 2.75) is 5.16 Å². The normalized spacial score (nSPS) is 10.9. The van der Waals surface area contributed by atoms with Gasteiger partial charge in [-0.2, -0.15) is 0 Å². The minimum absolute atomic E-state index is 0.110. The molecule has 0 radical (unpaired) electrons. The van der Waals surface area contributed by atoms with E-state index in [4.69, 9.17) is 0 Å². The molecule has 4 aromatic rings. The topological polar surface area (TPSA) is 85.6 Å². The molecule has 3 heterocycles. The van der Waals surface area contributed by atoms with E-state index in [0.717, 1.165) is 17.7 Å². The Kier molecular flexibility index (Phi) is 5.81. The Morgan fingerprint density at radius 2 is 2.07 bits per heavy atom. The minimum Gasteiger partial charge on any atom is -0.305 e. The van der Waals surface area contributed by atoms with Gasteiger partial charge in [-0.25, -0.2) is 13.8 Å². The largest absolute Gasteiger partial charge is 0.305 e. The molecule has 152 valence electrons. The fraction of sp³-hybridized carbons (Fsp3) is 0.105. The predicted octanol–water partition coefficient (Wildman–Crippen LogP) is 4.01. The van der Waals surface area contributed by atoms with E-state index in [-0.39, 0.29) is 11.7 Å². The van der Waals surface area contributed by atoms with Crippen LogP contribution < -0.4 is 5.32 Å². The summed E-state index contributed by atoms with van der Waals surface area (Å²) in [5, 5.41) is 13.6. The molecule has 11 heteroatoms. The number of nitrogens with zero attached hydrogens (tertiary/aromatic N) is 5. The van der Waals surface area contributed by atoms with Crippen LogP contribution in [0.1, 0.15) is 0 Å². The molecule has 1 N–H and O–H groups in total. The van der Waals surface area contributed by atoms with E-state index in [1.165, 1.54) is 29.2 Å². The maximum Gasteiger partial charge on any atom is 0.236 e. The van der Waals surface area contributed by atoms with Crippen LogP contribution in [0.4, 0.5) is 13.9 Å². The van der Waals surface area contributed by atoms with Gasteiger partial charge in [-0.3, -0.25) is 9.78 Å². The second-order valence-corrected chi connectivity index (χ2v) is 7.91. The fourth-order valence-electron chi connectivity index (χ4n) is 2.59. The molecule has 0 bridgehead atoms. The number of nitrogens with one attached hydrogen (secondary N) is 1. The minimum atomic E-state index is -0.947. The number of hydrogen-bond acceptors (Lipinski definition) is 7. The molecule has 0 spiro atoms. The van der Waals surface area contributed by atoms with E-state index in [1.807, 2.05) is 19.2 Å². The number of rotatable bonds is 6. The third-order valence-corrected chi connectivity index (χ3v) is 5.83. The Morgan fingerprint density at radius 1 is 1.20 bits per heavy atom. The van der Waals surface area contributed by atoms with Crippen molar-refractivity contribution in [3.8, 4) is 22.6 Å². The zero-order valence-electron chi connectivity index (χ0n) is 15.5. The number of pyridine rings is 1. The zero-order chi connectivity index (χ0) is 21.1. The van der Waals surface area contributed by atoms with E-state index in [1.54, 1.807) is 22.3 Å². The molecule has 0 atom stereocenters. The number of thioether (sulfide) groups is 1. The summed E-state index contributed by atoms with van der Waals surface area (Å²) in [5.74, 6) is -1.37. The van der Waals surface area contributed by atoms with E-state index >= 15 is 0 Å². The van der Waals surface area contributed by atoms with Gasteiger partial charge in [-0.15, -0.1) is 21.5 Å². The van der Waals surface area contributed by atoms with Gasteiger partial charge in [-0.05, 0) is 30.3 Å². The number of anilines is 1. The summed E-state index contributed by atoms with van der Waals surface area (Å²) in [4.78, 5) is 20.6. The number of halogens is 2. The average molecular weight is 444 g/mol. The monoisotopic (exact) mass is 444 g/mol. The number of benzene rings is 1. The quantitative estimate of drug-likeness (QED) is 0.453. The summed E-state index contributed by atoms with van der Waals surface area (Å²) in [5.41, 5.74) is 1.72. The molecule has 0 aliphatic carbocycles. The maximum atomic E-state index is 13.4. The molecule has 0 aliphatic rings. The SMILES string of the molecule is Cn1c(SCC(=O)Nc2nc(-c3ccc(F)c(F)c3)cs2)nnc1-c1cccnc1. The van der Waals surface area contributed by atoms with Crippen LogP contribution in [0.2, 0.25) is 0 Å². The lowest BCUT2D eigenvalue weighted by molar-refractivity contribution is -0.113. The van der Waals surface area contributed by atoms with Crippen LogP contribution in [0.5, 0.6) is 0 Å². The lowest BCUT2D eigenvalue weighted by atomic mass is 10.2. The highest BCUT2D eigenvalue weighted by Crippen LogP contribution is 2.27. The summed E-state index contributed by atoms with van der Waals surface area (Å²) < 4.78 is 28.3. The standard InChI is InChI=1S/C19H14F2N6OS2/c1-27-17(12-3-2-6-22-8-12)25-26-19(27)30-10-16(28)24-18-23-15(9-29-18)11-4-5-13(20)14(21)7-11/h2-9H,10H2,1H3,(H,23,24,28). The molecule has 7 nitrogen and oxygen atoms in total. The van der Waals surface area contributed by atoms with Crippen LogP contribution >= 0.6 is 23.1 Å². The van der Waals surface area contributed by atoms with Crippen LogP contribution in [-0.2, 0) is 11.8 Å². The molecule has 1 aromatic carbocycles. The van der Waals surface area contributed by atoms with Crippen LogP contribution in [0, 0.1) is 11.6 Å². The van der Waals surface area contributed by atoms with Crippen molar-refractivity contribution in [3.63, 3.8) is 0 Å². The van der Waals surface area contributed by atoms with E-state index < -0.39 is 11.6 Å². The lowest BCUT2D eigenvalue weighted by Gasteiger charge is -2.04. The molecule has 0 saturated carbocycles. The smallest absolute Gasteiger partial charge is 0.236 e. The molecule has 4 rings (SSSR count). The molecule has 3 aromatic heterocycles. The molecule has 0 fully saturated rings. The lowest BCUT2D eigenvalue weighted by Crippen LogP contribution is -2.14. The van der Waals surface area contributed by atoms with E-state index in [2.05, 4.69) is 25.5 Å². The average Bonchev–Trinajstić information content (AvgIpc) is 3.36. The molecule has 30 heavy (non-hydrogen) atoms. The molecular formula is C19H14F2N6OS2. The van der Waals surface area contributed by atoms with Gasteiger partial charge >= 0.3 is 0 Å². The zero-order valence-corrected chi connectivity index (χ0v) is 17.2. The summed E-state index contributed by atoms with van der Waals surface area (Å²) >= 11 is 2.44. The third-order valence-electron chi connectivity index (χ3n) is 4.05. The van der Waals surface area contributed by atoms with Gasteiger partial charge in [0.2, 0.25) is 5.91 Å². The van der Waals surface area contributed by atoms with Gasteiger partial charge in [0.1, 0.15) is 0 Å². The molecule has 0 aliphatic heterocycles. The van der Waals surface area contributed by atoms with Gasteiger partial charge in [0.05, 0.1) is 11.4 Å². The Bertz CT molecular complexity index is 1190. The number of thiazole rings is 1.